The van der Waals surface area contributed by atoms with Crippen molar-refractivity contribution in [2.45, 2.75) is 19.1 Å². The second-order valence-electron chi connectivity index (χ2n) is 5.20. The van der Waals surface area contributed by atoms with Crippen LogP contribution in [0.4, 0.5) is 0 Å². The van der Waals surface area contributed by atoms with E-state index in [0.717, 1.165) is 5.56 Å². The van der Waals surface area contributed by atoms with Crippen LogP contribution < -0.4 is 5.32 Å². The van der Waals surface area contributed by atoms with Crippen LogP contribution in [0.15, 0.2) is 54.6 Å². The number of carbonyl (C=O) groups excluding carboxylic acids is 2. The molecule has 2 rings (SSSR count). The number of methoxy groups -OCH3 is 1. The maximum Gasteiger partial charge on any atom is 0.331 e. The minimum atomic E-state index is -1.20. The molecule has 0 bridgehead atoms. The summed E-state index contributed by atoms with van der Waals surface area (Å²) < 4.78 is 4.70. The largest absolute Gasteiger partial charge is 0.467 e. The van der Waals surface area contributed by atoms with Gasteiger partial charge >= 0.3 is 5.97 Å². The fraction of sp³-hybridized carbons (Fsp3) is 0.222. The van der Waals surface area contributed by atoms with Crippen molar-refractivity contribution >= 4 is 11.9 Å². The SMILES string of the molecule is COC(=O)[C@@H](NC(=O)c1ccccc1)[C@@H](O)c1ccc(C)cc1. The third-order valence-corrected chi connectivity index (χ3v) is 3.51. The number of ether oxygens (including phenoxy) is 1. The Morgan fingerprint density at radius 1 is 1.04 bits per heavy atom. The van der Waals surface area contributed by atoms with Gasteiger partial charge in [0.15, 0.2) is 6.04 Å². The second kappa shape index (κ2) is 7.56. The second-order valence-corrected chi connectivity index (χ2v) is 5.20. The zero-order valence-electron chi connectivity index (χ0n) is 13.0. The van der Waals surface area contributed by atoms with E-state index >= 15 is 0 Å². The highest BCUT2D eigenvalue weighted by Gasteiger charge is 2.30. The van der Waals surface area contributed by atoms with E-state index in [1.165, 1.54) is 7.11 Å². The summed E-state index contributed by atoms with van der Waals surface area (Å²) >= 11 is 0. The Balaban J connectivity index is 2.21. The molecule has 0 unspecified atom stereocenters. The summed E-state index contributed by atoms with van der Waals surface area (Å²) in [5, 5.41) is 13.0. The van der Waals surface area contributed by atoms with Crippen LogP contribution in [0, 0.1) is 6.92 Å². The van der Waals surface area contributed by atoms with Crippen molar-refractivity contribution in [3.05, 3.63) is 71.3 Å². The first-order valence-electron chi connectivity index (χ1n) is 7.21. The predicted octanol–water partition coefficient (Wildman–Crippen LogP) is 2.00. The van der Waals surface area contributed by atoms with Crippen LogP contribution in [0.3, 0.4) is 0 Å². The number of aryl methyl sites for hydroxylation is 1. The Kier molecular flexibility index (Phi) is 5.49. The normalized spacial score (nSPS) is 13.0. The summed E-state index contributed by atoms with van der Waals surface area (Å²) in [5.74, 6) is -1.16. The summed E-state index contributed by atoms with van der Waals surface area (Å²) in [6.45, 7) is 1.92. The molecule has 0 aliphatic heterocycles. The standard InChI is InChI=1S/C18H19NO4/c1-12-8-10-13(11-9-12)16(20)15(18(22)23-2)19-17(21)14-6-4-3-5-7-14/h3-11,15-16,20H,1-2H3,(H,19,21)/t15-,16-/m0/s1. The highest BCUT2D eigenvalue weighted by Crippen LogP contribution is 2.19. The Morgan fingerprint density at radius 2 is 1.65 bits per heavy atom. The predicted molar refractivity (Wildman–Crippen MR) is 85.9 cm³/mol. The molecule has 120 valence electrons. The number of amides is 1. The number of rotatable bonds is 5. The Hall–Kier alpha value is -2.66. The van der Waals surface area contributed by atoms with Crippen molar-refractivity contribution in [1.82, 2.24) is 5.32 Å². The topological polar surface area (TPSA) is 75.6 Å². The van der Waals surface area contributed by atoms with Gasteiger partial charge in [0.2, 0.25) is 0 Å². The zero-order valence-corrected chi connectivity index (χ0v) is 13.0. The van der Waals surface area contributed by atoms with E-state index in [1.54, 1.807) is 42.5 Å². The van der Waals surface area contributed by atoms with Crippen LogP contribution in [0.5, 0.6) is 0 Å². The third kappa shape index (κ3) is 4.17. The lowest BCUT2D eigenvalue weighted by molar-refractivity contribution is -0.146. The monoisotopic (exact) mass is 313 g/mol. The smallest absolute Gasteiger partial charge is 0.331 e. The lowest BCUT2D eigenvalue weighted by atomic mass is 10.0. The van der Waals surface area contributed by atoms with Crippen molar-refractivity contribution in [2.75, 3.05) is 7.11 Å². The average molecular weight is 313 g/mol. The van der Waals surface area contributed by atoms with Gasteiger partial charge in [-0.2, -0.15) is 0 Å². The molecule has 2 N–H and O–H groups in total. The molecule has 2 aromatic rings. The number of aliphatic hydroxyl groups excluding tert-OH is 1. The summed E-state index contributed by atoms with van der Waals surface area (Å²) in [6.07, 6.45) is -1.20. The van der Waals surface area contributed by atoms with Crippen LogP contribution in [0.1, 0.15) is 27.6 Å². The molecular weight excluding hydrogens is 294 g/mol. The first-order chi connectivity index (χ1) is 11.0. The van der Waals surface area contributed by atoms with Crippen molar-refractivity contribution in [1.29, 1.82) is 0 Å². The van der Waals surface area contributed by atoms with Gasteiger partial charge < -0.3 is 15.2 Å². The van der Waals surface area contributed by atoms with E-state index in [0.29, 0.717) is 11.1 Å². The van der Waals surface area contributed by atoms with Crippen molar-refractivity contribution in [2.24, 2.45) is 0 Å². The molecule has 2 aromatic carbocycles. The molecule has 0 heterocycles. The molecule has 0 radical (unpaired) electrons. The van der Waals surface area contributed by atoms with Gasteiger partial charge in [0.1, 0.15) is 6.10 Å². The molecule has 0 saturated heterocycles. The Bertz CT molecular complexity index is 667. The van der Waals surface area contributed by atoms with Gasteiger partial charge in [0, 0.05) is 5.56 Å². The van der Waals surface area contributed by atoms with Gasteiger partial charge in [-0.15, -0.1) is 0 Å². The molecule has 2 atom stereocenters. The van der Waals surface area contributed by atoms with Gasteiger partial charge in [-0.05, 0) is 24.6 Å². The highest BCUT2D eigenvalue weighted by atomic mass is 16.5. The number of esters is 1. The highest BCUT2D eigenvalue weighted by molar-refractivity contribution is 5.96. The molecule has 0 aromatic heterocycles. The van der Waals surface area contributed by atoms with E-state index in [2.05, 4.69) is 5.32 Å². The number of aliphatic hydroxyl groups is 1. The molecular formula is C18H19NO4. The van der Waals surface area contributed by atoms with Gasteiger partial charge in [-0.25, -0.2) is 4.79 Å². The number of hydrogen-bond donors (Lipinski definition) is 2. The van der Waals surface area contributed by atoms with E-state index < -0.39 is 24.0 Å². The summed E-state index contributed by atoms with van der Waals surface area (Å²) in [7, 11) is 1.21. The van der Waals surface area contributed by atoms with Crippen LogP contribution in [-0.2, 0) is 9.53 Å². The van der Waals surface area contributed by atoms with Crippen LogP contribution in [0.2, 0.25) is 0 Å². The summed E-state index contributed by atoms with van der Waals surface area (Å²) in [4.78, 5) is 24.2. The zero-order chi connectivity index (χ0) is 16.8. The van der Waals surface area contributed by atoms with Crippen molar-refractivity contribution in [3.8, 4) is 0 Å². The minimum Gasteiger partial charge on any atom is -0.467 e. The van der Waals surface area contributed by atoms with Crippen molar-refractivity contribution in [3.63, 3.8) is 0 Å². The molecule has 0 fully saturated rings. The molecule has 0 saturated carbocycles. The summed E-state index contributed by atoms with van der Waals surface area (Å²) in [6, 6.07) is 14.4. The summed E-state index contributed by atoms with van der Waals surface area (Å²) in [5.41, 5.74) is 1.96. The lowest BCUT2D eigenvalue weighted by Gasteiger charge is -2.22. The van der Waals surface area contributed by atoms with Crippen molar-refractivity contribution < 1.29 is 19.4 Å². The first kappa shape index (κ1) is 16.7. The maximum absolute atomic E-state index is 12.2. The van der Waals surface area contributed by atoms with Gasteiger partial charge in [-0.3, -0.25) is 4.79 Å². The fourth-order valence-electron chi connectivity index (χ4n) is 2.16. The number of benzene rings is 2. The number of carbonyl (C=O) groups is 2. The molecule has 0 aliphatic rings. The Morgan fingerprint density at radius 3 is 2.22 bits per heavy atom. The molecule has 1 amide bonds. The van der Waals surface area contributed by atoms with Crippen LogP contribution in [0.25, 0.3) is 0 Å². The van der Waals surface area contributed by atoms with Gasteiger partial charge in [-0.1, -0.05) is 48.0 Å². The average Bonchev–Trinajstić information content (AvgIpc) is 2.59. The van der Waals surface area contributed by atoms with Crippen LogP contribution >= 0.6 is 0 Å². The minimum absolute atomic E-state index is 0.400. The molecule has 0 aliphatic carbocycles. The number of hydrogen-bond acceptors (Lipinski definition) is 4. The fourth-order valence-corrected chi connectivity index (χ4v) is 2.16. The molecule has 5 nitrogen and oxygen atoms in total. The third-order valence-electron chi connectivity index (χ3n) is 3.51. The molecule has 0 spiro atoms. The first-order valence-corrected chi connectivity index (χ1v) is 7.21. The molecule has 5 heteroatoms. The van der Waals surface area contributed by atoms with Crippen LogP contribution in [-0.4, -0.2) is 30.1 Å². The maximum atomic E-state index is 12.2. The van der Waals surface area contributed by atoms with E-state index in [-0.39, 0.29) is 0 Å². The quantitative estimate of drug-likeness (QED) is 0.828. The van der Waals surface area contributed by atoms with Gasteiger partial charge in [0.25, 0.3) is 5.91 Å². The van der Waals surface area contributed by atoms with E-state index in [9.17, 15) is 14.7 Å². The van der Waals surface area contributed by atoms with E-state index in [4.69, 9.17) is 4.74 Å². The molecule has 23 heavy (non-hydrogen) atoms. The number of nitrogens with one attached hydrogen (secondary N) is 1. The lowest BCUT2D eigenvalue weighted by Crippen LogP contribution is -2.45. The Labute approximate surface area is 134 Å². The van der Waals surface area contributed by atoms with E-state index in [1.807, 2.05) is 19.1 Å². The van der Waals surface area contributed by atoms with Gasteiger partial charge in [0.05, 0.1) is 7.11 Å².